The number of amides is 1. The zero-order chi connectivity index (χ0) is 21.8. The smallest absolute Gasteiger partial charge is 0.246 e. The van der Waals surface area contributed by atoms with Crippen LogP contribution in [0.4, 0.5) is 0 Å². The van der Waals surface area contributed by atoms with Crippen molar-refractivity contribution < 1.29 is 9.21 Å². The minimum atomic E-state index is -0.0196. The number of rotatable bonds is 6. The Morgan fingerprint density at radius 2 is 2.06 bits per heavy atom. The third-order valence-electron chi connectivity index (χ3n) is 5.32. The molecule has 2 aromatic heterocycles. The summed E-state index contributed by atoms with van der Waals surface area (Å²) in [6.45, 7) is 5.51. The number of halogens is 1. The molecule has 0 unspecified atom stereocenters. The van der Waals surface area contributed by atoms with Crippen molar-refractivity contribution in [3.63, 3.8) is 0 Å². The minimum Gasteiger partial charge on any atom is -0.425 e. The van der Waals surface area contributed by atoms with Crippen molar-refractivity contribution >= 4 is 23.6 Å². The SMILES string of the molecule is CCc1nnc(C2CCN(C(=O)/C=C/c3ccc(Cl)cc3Cn3nnc(C)n3)CC2)o1. The molecule has 0 radical (unpaired) electrons. The first kappa shape index (κ1) is 21.2. The maximum Gasteiger partial charge on any atom is 0.246 e. The van der Waals surface area contributed by atoms with Gasteiger partial charge in [-0.25, -0.2) is 0 Å². The fraction of sp³-hybridized carbons (Fsp3) is 0.429. The summed E-state index contributed by atoms with van der Waals surface area (Å²) >= 11 is 6.17. The third-order valence-corrected chi connectivity index (χ3v) is 5.55. The lowest BCUT2D eigenvalue weighted by Gasteiger charge is -2.29. The number of carbonyl (C=O) groups is 1. The summed E-state index contributed by atoms with van der Waals surface area (Å²) < 4.78 is 5.68. The highest BCUT2D eigenvalue weighted by Crippen LogP contribution is 2.27. The monoisotopic (exact) mass is 441 g/mol. The first-order valence-corrected chi connectivity index (χ1v) is 10.7. The summed E-state index contributed by atoms with van der Waals surface area (Å²) in [5.74, 6) is 2.13. The molecule has 1 saturated heterocycles. The van der Waals surface area contributed by atoms with Gasteiger partial charge in [-0.3, -0.25) is 4.79 Å². The number of hydrogen-bond donors (Lipinski definition) is 0. The molecule has 0 atom stereocenters. The molecule has 0 bridgehead atoms. The zero-order valence-electron chi connectivity index (χ0n) is 17.5. The lowest BCUT2D eigenvalue weighted by atomic mass is 9.96. The van der Waals surface area contributed by atoms with Gasteiger partial charge in [0, 0.05) is 36.5 Å². The van der Waals surface area contributed by atoms with E-state index in [2.05, 4.69) is 25.6 Å². The molecule has 0 aliphatic carbocycles. The van der Waals surface area contributed by atoms with E-state index in [9.17, 15) is 4.79 Å². The Morgan fingerprint density at radius 3 is 2.74 bits per heavy atom. The van der Waals surface area contributed by atoms with Crippen LogP contribution < -0.4 is 0 Å². The average Bonchev–Trinajstić information content (AvgIpc) is 3.42. The van der Waals surface area contributed by atoms with Crippen LogP contribution in [0.25, 0.3) is 6.08 Å². The topological polar surface area (TPSA) is 103 Å². The Balaban J connectivity index is 1.39. The van der Waals surface area contributed by atoms with Crippen molar-refractivity contribution in [3.05, 3.63) is 58.0 Å². The average molecular weight is 442 g/mol. The molecular weight excluding hydrogens is 418 g/mol. The molecule has 0 spiro atoms. The van der Waals surface area contributed by atoms with Crippen LogP contribution in [0.5, 0.6) is 0 Å². The molecule has 0 N–H and O–H groups in total. The molecule has 31 heavy (non-hydrogen) atoms. The summed E-state index contributed by atoms with van der Waals surface area (Å²) in [4.78, 5) is 16.1. The van der Waals surface area contributed by atoms with Crippen molar-refractivity contribution in [2.45, 2.75) is 45.6 Å². The first-order chi connectivity index (χ1) is 15.0. The standard InChI is InChI=1S/C21H24ClN7O2/c1-3-19-24-25-21(31-19)16-8-10-28(11-9-16)20(30)7-5-15-4-6-18(22)12-17(15)13-29-26-14(2)23-27-29/h4-7,12,16H,3,8-11,13H2,1-2H3/b7-5+. The van der Waals surface area contributed by atoms with E-state index in [1.165, 1.54) is 4.80 Å². The predicted octanol–water partition coefficient (Wildman–Crippen LogP) is 3.05. The molecule has 1 fully saturated rings. The van der Waals surface area contributed by atoms with Gasteiger partial charge >= 0.3 is 0 Å². The van der Waals surface area contributed by atoms with Gasteiger partial charge in [-0.2, -0.15) is 4.80 Å². The Kier molecular flexibility index (Phi) is 6.41. The largest absolute Gasteiger partial charge is 0.425 e. The fourth-order valence-corrected chi connectivity index (χ4v) is 3.80. The summed E-state index contributed by atoms with van der Waals surface area (Å²) in [5.41, 5.74) is 1.80. The van der Waals surface area contributed by atoms with Gasteiger partial charge in [-0.05, 0) is 54.3 Å². The Bertz CT molecular complexity index is 1080. The van der Waals surface area contributed by atoms with Gasteiger partial charge in [0.05, 0.1) is 6.54 Å². The van der Waals surface area contributed by atoms with E-state index in [1.54, 1.807) is 19.1 Å². The quantitative estimate of drug-likeness (QED) is 0.541. The maximum atomic E-state index is 12.7. The van der Waals surface area contributed by atoms with Gasteiger partial charge in [0.25, 0.3) is 0 Å². The Labute approximate surface area is 185 Å². The Hall–Kier alpha value is -3.07. The van der Waals surface area contributed by atoms with Crippen LogP contribution >= 0.6 is 11.6 Å². The summed E-state index contributed by atoms with van der Waals surface area (Å²) in [6, 6.07) is 5.54. The number of benzene rings is 1. The van der Waals surface area contributed by atoms with Crippen LogP contribution in [0.3, 0.4) is 0 Å². The lowest BCUT2D eigenvalue weighted by molar-refractivity contribution is -0.127. The number of aryl methyl sites for hydroxylation is 2. The Morgan fingerprint density at radius 1 is 1.26 bits per heavy atom. The number of likely N-dealkylation sites (tertiary alicyclic amines) is 1. The van der Waals surface area contributed by atoms with E-state index in [0.717, 1.165) is 30.4 Å². The molecular formula is C21H24ClN7O2. The second kappa shape index (κ2) is 9.38. The zero-order valence-corrected chi connectivity index (χ0v) is 18.3. The second-order valence-corrected chi connectivity index (χ2v) is 7.97. The van der Waals surface area contributed by atoms with E-state index in [1.807, 2.05) is 30.0 Å². The third kappa shape index (κ3) is 5.16. The van der Waals surface area contributed by atoms with Gasteiger partial charge in [0.2, 0.25) is 17.7 Å². The maximum absolute atomic E-state index is 12.7. The second-order valence-electron chi connectivity index (χ2n) is 7.53. The van der Waals surface area contributed by atoms with Crippen LogP contribution in [0, 0.1) is 6.92 Å². The van der Waals surface area contributed by atoms with E-state index in [-0.39, 0.29) is 11.8 Å². The molecule has 162 valence electrons. The van der Waals surface area contributed by atoms with E-state index in [0.29, 0.717) is 42.3 Å². The molecule has 4 rings (SSSR count). The first-order valence-electron chi connectivity index (χ1n) is 10.3. The highest BCUT2D eigenvalue weighted by Gasteiger charge is 2.26. The number of nitrogens with zero attached hydrogens (tertiary/aromatic N) is 7. The molecule has 1 aliphatic rings. The minimum absolute atomic E-state index is 0.0196. The molecule has 3 heterocycles. The van der Waals surface area contributed by atoms with Crippen molar-refractivity contribution in [2.75, 3.05) is 13.1 Å². The van der Waals surface area contributed by atoms with Crippen LogP contribution in [-0.2, 0) is 17.8 Å². The summed E-state index contributed by atoms with van der Waals surface area (Å²) in [7, 11) is 0. The van der Waals surface area contributed by atoms with Crippen LogP contribution in [0.15, 0.2) is 28.7 Å². The predicted molar refractivity (Wildman–Crippen MR) is 114 cm³/mol. The van der Waals surface area contributed by atoms with E-state index in [4.69, 9.17) is 16.0 Å². The van der Waals surface area contributed by atoms with Crippen LogP contribution in [-0.4, -0.2) is 54.3 Å². The number of piperidine rings is 1. The van der Waals surface area contributed by atoms with Crippen molar-refractivity contribution in [1.29, 1.82) is 0 Å². The summed E-state index contributed by atoms with van der Waals surface area (Å²) in [5, 5.41) is 20.9. The van der Waals surface area contributed by atoms with E-state index >= 15 is 0 Å². The fourth-order valence-electron chi connectivity index (χ4n) is 3.60. The van der Waals surface area contributed by atoms with Crippen LogP contribution in [0.2, 0.25) is 5.02 Å². The summed E-state index contributed by atoms with van der Waals surface area (Å²) in [6.07, 6.45) is 5.78. The highest BCUT2D eigenvalue weighted by molar-refractivity contribution is 6.30. The number of hydrogen-bond acceptors (Lipinski definition) is 7. The van der Waals surface area contributed by atoms with Crippen molar-refractivity contribution in [3.8, 4) is 0 Å². The molecule has 3 aromatic rings. The van der Waals surface area contributed by atoms with Crippen molar-refractivity contribution in [2.24, 2.45) is 0 Å². The van der Waals surface area contributed by atoms with Gasteiger partial charge in [0.1, 0.15) is 0 Å². The van der Waals surface area contributed by atoms with E-state index < -0.39 is 0 Å². The molecule has 1 aliphatic heterocycles. The highest BCUT2D eigenvalue weighted by atomic mass is 35.5. The number of carbonyl (C=O) groups excluding carboxylic acids is 1. The van der Waals surface area contributed by atoms with Gasteiger partial charge in [0.15, 0.2) is 5.82 Å². The lowest BCUT2D eigenvalue weighted by Crippen LogP contribution is -2.36. The number of aromatic nitrogens is 6. The van der Waals surface area contributed by atoms with Gasteiger partial charge < -0.3 is 9.32 Å². The molecule has 1 aromatic carbocycles. The van der Waals surface area contributed by atoms with Crippen LogP contribution in [0.1, 0.15) is 54.4 Å². The van der Waals surface area contributed by atoms with Gasteiger partial charge in [-0.1, -0.05) is 24.6 Å². The normalized spacial score (nSPS) is 15.1. The molecule has 10 heteroatoms. The van der Waals surface area contributed by atoms with Gasteiger partial charge in [-0.15, -0.1) is 20.4 Å². The number of tetrazole rings is 1. The van der Waals surface area contributed by atoms with Crippen molar-refractivity contribution in [1.82, 2.24) is 35.3 Å². The molecule has 1 amide bonds. The molecule has 0 saturated carbocycles. The molecule has 9 nitrogen and oxygen atoms in total.